The van der Waals surface area contributed by atoms with Crippen molar-refractivity contribution in [2.45, 2.75) is 63.7 Å². The van der Waals surface area contributed by atoms with Crippen LogP contribution in [0, 0.1) is 0 Å². The molecule has 11 N–H and O–H groups in total. The van der Waals surface area contributed by atoms with Gasteiger partial charge in [0.1, 0.15) is 29.9 Å². The molecule has 12 nitrogen and oxygen atoms in total. The fourth-order valence-electron chi connectivity index (χ4n) is 2.14. The Balaban J connectivity index is 0.000000633. The normalized spacial score (nSPS) is 14.0. The number of esters is 3. The highest BCUT2D eigenvalue weighted by Crippen LogP contribution is 2.13. The summed E-state index contributed by atoms with van der Waals surface area (Å²) in [5, 5.41) is 8.67. The number of aliphatic carboxylic acids is 1. The van der Waals surface area contributed by atoms with E-state index in [9.17, 15) is 19.2 Å². The Hall–Kier alpha value is -2.90. The fraction of sp³-hybridized carbons (Fsp3) is 0.524. The Morgan fingerprint density at radius 1 is 0.848 bits per heavy atom. The SMILES string of the molecule is C[C@H](N)C(=O)OC(=O)[C@@H](N)CCCCN.C[C@H](N)C(=O)Oc1ccc(C[C@H](N)C(=O)O)cc1. The Morgan fingerprint density at radius 3 is 1.85 bits per heavy atom. The summed E-state index contributed by atoms with van der Waals surface area (Å²) < 4.78 is 9.42. The van der Waals surface area contributed by atoms with Crippen LogP contribution in [0.3, 0.4) is 0 Å². The Kier molecular flexibility index (Phi) is 14.4. The number of hydrogen-bond acceptors (Lipinski definition) is 11. The zero-order valence-corrected chi connectivity index (χ0v) is 18.9. The van der Waals surface area contributed by atoms with E-state index in [1.54, 1.807) is 24.3 Å². The molecule has 0 bridgehead atoms. The van der Waals surface area contributed by atoms with E-state index >= 15 is 0 Å². The molecule has 0 saturated carbocycles. The molecule has 1 aromatic carbocycles. The van der Waals surface area contributed by atoms with Crippen LogP contribution in [0.2, 0.25) is 0 Å². The van der Waals surface area contributed by atoms with Crippen molar-refractivity contribution in [3.8, 4) is 5.75 Å². The van der Waals surface area contributed by atoms with Gasteiger partial charge in [-0.15, -0.1) is 0 Å². The molecule has 0 aliphatic heterocycles. The van der Waals surface area contributed by atoms with Crippen LogP contribution >= 0.6 is 0 Å². The van der Waals surface area contributed by atoms with Gasteiger partial charge in [0, 0.05) is 0 Å². The first kappa shape index (κ1) is 30.1. The van der Waals surface area contributed by atoms with Crippen molar-refractivity contribution in [3.63, 3.8) is 0 Å². The predicted molar refractivity (Wildman–Crippen MR) is 121 cm³/mol. The van der Waals surface area contributed by atoms with Gasteiger partial charge >= 0.3 is 23.9 Å². The first-order valence-electron chi connectivity index (χ1n) is 10.4. The van der Waals surface area contributed by atoms with E-state index in [0.29, 0.717) is 18.7 Å². The number of carboxylic acids is 1. The van der Waals surface area contributed by atoms with Crippen molar-refractivity contribution in [2.75, 3.05) is 6.54 Å². The third-order valence-corrected chi connectivity index (χ3v) is 4.13. The number of carboxylic acid groups (broad SMARTS) is 1. The molecule has 0 saturated heterocycles. The van der Waals surface area contributed by atoms with Crippen molar-refractivity contribution in [2.24, 2.45) is 28.7 Å². The first-order chi connectivity index (χ1) is 15.4. The van der Waals surface area contributed by atoms with Crippen LogP contribution in [0.25, 0.3) is 0 Å². The van der Waals surface area contributed by atoms with Gasteiger partial charge in [0.25, 0.3) is 0 Å². The smallest absolute Gasteiger partial charge is 0.330 e. The molecule has 186 valence electrons. The third-order valence-electron chi connectivity index (χ3n) is 4.13. The summed E-state index contributed by atoms with van der Waals surface area (Å²) in [4.78, 5) is 43.9. The van der Waals surface area contributed by atoms with Gasteiger partial charge in [0.2, 0.25) is 0 Å². The van der Waals surface area contributed by atoms with Gasteiger partial charge in [-0.3, -0.25) is 4.79 Å². The second-order valence-corrected chi connectivity index (χ2v) is 7.42. The summed E-state index contributed by atoms with van der Waals surface area (Å²) in [5.74, 6) is -2.69. The molecule has 0 aromatic heterocycles. The average Bonchev–Trinajstić information content (AvgIpc) is 2.75. The van der Waals surface area contributed by atoms with Crippen molar-refractivity contribution >= 4 is 23.9 Å². The summed E-state index contributed by atoms with van der Waals surface area (Å²) >= 11 is 0. The van der Waals surface area contributed by atoms with E-state index in [0.717, 1.165) is 18.4 Å². The predicted octanol–water partition coefficient (Wildman–Crippen LogP) is -1.25. The minimum absolute atomic E-state index is 0.219. The number of ether oxygens (including phenoxy) is 2. The van der Waals surface area contributed by atoms with Crippen molar-refractivity contribution in [3.05, 3.63) is 29.8 Å². The van der Waals surface area contributed by atoms with E-state index < -0.39 is 48.0 Å². The molecule has 0 aliphatic rings. The van der Waals surface area contributed by atoms with Gasteiger partial charge < -0.3 is 43.2 Å². The highest BCUT2D eigenvalue weighted by molar-refractivity contribution is 5.90. The van der Waals surface area contributed by atoms with Crippen LogP contribution in [0.4, 0.5) is 0 Å². The van der Waals surface area contributed by atoms with Gasteiger partial charge in [-0.05, 0) is 57.4 Å². The van der Waals surface area contributed by atoms with Gasteiger partial charge in [-0.25, -0.2) is 14.4 Å². The largest absolute Gasteiger partial charge is 0.480 e. The van der Waals surface area contributed by atoms with Crippen LogP contribution in [-0.2, 0) is 30.3 Å². The summed E-state index contributed by atoms with van der Waals surface area (Å²) in [6.07, 6.45) is 2.21. The Morgan fingerprint density at radius 2 is 1.39 bits per heavy atom. The van der Waals surface area contributed by atoms with Gasteiger partial charge in [-0.1, -0.05) is 18.6 Å². The van der Waals surface area contributed by atoms with Crippen LogP contribution in [0.1, 0.15) is 38.7 Å². The molecule has 12 heteroatoms. The second-order valence-electron chi connectivity index (χ2n) is 7.42. The van der Waals surface area contributed by atoms with Crippen LogP contribution in [-0.4, -0.2) is 59.7 Å². The lowest BCUT2D eigenvalue weighted by Gasteiger charge is -2.10. The molecule has 33 heavy (non-hydrogen) atoms. The monoisotopic (exact) mass is 469 g/mol. The number of carbonyl (C=O) groups excluding carboxylic acids is 3. The van der Waals surface area contributed by atoms with Crippen molar-refractivity contribution < 1.29 is 33.8 Å². The molecule has 0 heterocycles. The highest BCUT2D eigenvalue weighted by atomic mass is 16.6. The van der Waals surface area contributed by atoms with Gasteiger partial charge in [-0.2, -0.15) is 0 Å². The van der Waals surface area contributed by atoms with Gasteiger partial charge in [0.15, 0.2) is 0 Å². The highest BCUT2D eigenvalue weighted by Gasteiger charge is 2.20. The van der Waals surface area contributed by atoms with E-state index in [1.165, 1.54) is 13.8 Å². The zero-order chi connectivity index (χ0) is 25.6. The van der Waals surface area contributed by atoms with E-state index in [1.807, 2.05) is 0 Å². The van der Waals surface area contributed by atoms with Crippen LogP contribution < -0.4 is 33.4 Å². The van der Waals surface area contributed by atoms with Crippen molar-refractivity contribution in [1.29, 1.82) is 0 Å². The summed E-state index contributed by atoms with van der Waals surface area (Å²) in [6.45, 7) is 3.53. The van der Waals surface area contributed by atoms with Crippen molar-refractivity contribution in [1.82, 2.24) is 0 Å². The number of unbranched alkanes of at least 4 members (excludes halogenated alkanes) is 1. The Labute approximate surface area is 192 Å². The minimum Gasteiger partial charge on any atom is -0.480 e. The number of hydrogen-bond donors (Lipinski definition) is 6. The maximum absolute atomic E-state index is 11.2. The van der Waals surface area contributed by atoms with Gasteiger partial charge in [0.05, 0.1) is 0 Å². The lowest BCUT2D eigenvalue weighted by Crippen LogP contribution is -2.38. The molecular formula is C21H35N5O7. The lowest BCUT2D eigenvalue weighted by atomic mass is 10.1. The van der Waals surface area contributed by atoms with Crippen LogP contribution in [0.15, 0.2) is 24.3 Å². The minimum atomic E-state index is -1.05. The summed E-state index contributed by atoms with van der Waals surface area (Å²) in [5.41, 5.74) is 27.5. The first-order valence-corrected chi connectivity index (χ1v) is 10.4. The molecular weight excluding hydrogens is 434 g/mol. The average molecular weight is 470 g/mol. The standard InChI is InChI=1S/C12H16N2O4.C9H19N3O3/c1-7(13)12(17)18-9-4-2-8(3-5-9)6-10(14)11(15)16;1-6(11)8(13)15-9(14)7(12)4-2-3-5-10/h2-5,7,10H,6,13-14H2,1H3,(H,15,16);6-7H,2-5,10-12H2,1H3/t7-,10-;6-,7-/m00/s1. The van der Waals surface area contributed by atoms with Crippen LogP contribution in [0.5, 0.6) is 5.75 Å². The van der Waals surface area contributed by atoms with E-state index in [2.05, 4.69) is 4.74 Å². The number of nitrogens with two attached hydrogens (primary N) is 5. The second kappa shape index (κ2) is 15.8. The fourth-order valence-corrected chi connectivity index (χ4v) is 2.14. The maximum atomic E-state index is 11.2. The molecule has 1 aromatic rings. The molecule has 0 unspecified atom stereocenters. The third kappa shape index (κ3) is 13.3. The molecule has 0 aliphatic carbocycles. The topological polar surface area (TPSA) is 237 Å². The number of rotatable bonds is 11. The van der Waals surface area contributed by atoms with E-state index in [4.69, 9.17) is 38.5 Å². The molecule has 0 spiro atoms. The summed E-state index contributed by atoms with van der Waals surface area (Å²) in [7, 11) is 0. The van der Waals surface area contributed by atoms with E-state index in [-0.39, 0.29) is 6.42 Å². The maximum Gasteiger partial charge on any atom is 0.330 e. The number of benzene rings is 1. The quantitative estimate of drug-likeness (QED) is 0.0964. The Bertz CT molecular complexity index is 769. The molecule has 1 rings (SSSR count). The molecule has 0 radical (unpaired) electrons. The molecule has 0 fully saturated rings. The lowest BCUT2D eigenvalue weighted by molar-refractivity contribution is -0.161. The zero-order valence-electron chi connectivity index (χ0n) is 18.9. The molecule has 4 atom stereocenters. The summed E-state index contributed by atoms with van der Waals surface area (Å²) in [6, 6.07) is 3.24. The number of carbonyl (C=O) groups is 4. The molecule has 0 amide bonds.